The molecular weight excluding hydrogens is 250 g/mol. The van der Waals surface area contributed by atoms with Crippen LogP contribution in [0.3, 0.4) is 0 Å². The van der Waals surface area contributed by atoms with Gasteiger partial charge in [0.1, 0.15) is 0 Å². The molecule has 0 aliphatic carbocycles. The summed E-state index contributed by atoms with van der Waals surface area (Å²) in [6.07, 6.45) is 3.96. The van der Waals surface area contributed by atoms with Crippen molar-refractivity contribution >= 4 is 31.5 Å². The number of thiol groups is 1. The van der Waals surface area contributed by atoms with E-state index in [1.807, 2.05) is 30.5 Å². The van der Waals surface area contributed by atoms with Gasteiger partial charge in [-0.2, -0.15) is 0 Å². The van der Waals surface area contributed by atoms with Gasteiger partial charge in [0.15, 0.2) is 4.34 Å². The molecule has 2 aromatic rings. The van der Waals surface area contributed by atoms with E-state index in [1.165, 1.54) is 0 Å². The predicted molar refractivity (Wildman–Crippen MR) is 77.7 cm³/mol. The molecule has 2 rings (SSSR count). The zero-order valence-corrected chi connectivity index (χ0v) is 12.2. The van der Waals surface area contributed by atoms with Gasteiger partial charge in [-0.25, -0.2) is 4.98 Å². The molecule has 4 heteroatoms. The van der Waals surface area contributed by atoms with Gasteiger partial charge in [0.2, 0.25) is 0 Å². The summed E-state index contributed by atoms with van der Waals surface area (Å²) in [5.74, 6) is 0. The van der Waals surface area contributed by atoms with Crippen molar-refractivity contribution in [2.45, 2.75) is 36.3 Å². The molecule has 0 N–H and O–H groups in total. The van der Waals surface area contributed by atoms with Crippen LogP contribution in [-0.2, 0) is 9.93 Å². The van der Waals surface area contributed by atoms with Crippen LogP contribution < -0.4 is 0 Å². The first-order chi connectivity index (χ1) is 8.05. The third kappa shape index (κ3) is 2.43. The second kappa shape index (κ2) is 4.86. The molecule has 0 fully saturated rings. The molecule has 1 aromatic heterocycles. The number of fused-ring (bicyclic) bond motifs is 1. The Morgan fingerprint density at radius 3 is 2.76 bits per heavy atom. The molecule has 1 heterocycles. The number of rotatable bonds is 4. The molecule has 1 aromatic carbocycles. The number of aromatic nitrogens is 1. The lowest BCUT2D eigenvalue weighted by atomic mass is 10.3. The first-order valence-electron chi connectivity index (χ1n) is 5.99. The second-order valence-corrected chi connectivity index (χ2v) is 9.21. The lowest BCUT2D eigenvalue weighted by molar-refractivity contribution is 0.651. The number of benzene rings is 1. The van der Waals surface area contributed by atoms with E-state index in [4.69, 9.17) is 0 Å². The predicted octanol–water partition coefficient (Wildman–Crippen LogP) is 3.49. The third-order valence-electron chi connectivity index (χ3n) is 3.21. The summed E-state index contributed by atoms with van der Waals surface area (Å²) in [6, 6.07) is 8.00. The maximum Gasteiger partial charge on any atom is 0.158 e. The number of thiazole rings is 1. The molecule has 0 aliphatic heterocycles. The Balaban J connectivity index is 2.41. The Bertz CT molecular complexity index is 528. The highest BCUT2D eigenvalue weighted by Gasteiger charge is 2.23. The molecule has 17 heavy (non-hydrogen) atoms. The Hall–Kier alpha value is -0.740. The summed E-state index contributed by atoms with van der Waals surface area (Å²) in [6.45, 7) is 4.21. The van der Waals surface area contributed by atoms with Crippen molar-refractivity contribution in [1.82, 2.24) is 4.98 Å². The summed E-state index contributed by atoms with van der Waals surface area (Å²) in [7, 11) is -2.32. The number of para-hydroxylation sites is 1. The van der Waals surface area contributed by atoms with Crippen LogP contribution in [0.1, 0.15) is 26.7 Å². The van der Waals surface area contributed by atoms with Crippen molar-refractivity contribution in [1.29, 1.82) is 0 Å². The van der Waals surface area contributed by atoms with Crippen molar-refractivity contribution in [3.8, 4) is 0 Å². The molecule has 2 nitrogen and oxygen atoms in total. The van der Waals surface area contributed by atoms with E-state index >= 15 is 0 Å². The van der Waals surface area contributed by atoms with Crippen LogP contribution in [0.2, 0.25) is 0 Å². The minimum atomic E-state index is -2.32. The first-order valence-corrected chi connectivity index (χ1v) is 9.03. The van der Waals surface area contributed by atoms with Gasteiger partial charge in [-0.3, -0.25) is 4.21 Å². The minimum absolute atomic E-state index is 0.230. The van der Waals surface area contributed by atoms with Gasteiger partial charge in [-0.15, -0.1) is 11.3 Å². The third-order valence-corrected chi connectivity index (χ3v) is 8.21. The lowest BCUT2D eigenvalue weighted by Crippen LogP contribution is -2.24. The van der Waals surface area contributed by atoms with Gasteiger partial charge in [0.25, 0.3) is 0 Å². The fraction of sp³-hybridized carbons (Fsp3) is 0.462. The Labute approximate surface area is 108 Å². The standard InChI is InChI=1S/C13H19NOS2/c1-4-7-10(2)17(3,15)13-14-11-8-5-6-9-12(11)16-13/h5-6,8-10,17H,4,7H2,1-3H3. The summed E-state index contributed by atoms with van der Waals surface area (Å²) in [5.41, 5.74) is 0.971. The van der Waals surface area contributed by atoms with Crippen molar-refractivity contribution < 1.29 is 4.21 Å². The highest BCUT2D eigenvalue weighted by Crippen LogP contribution is 2.31. The van der Waals surface area contributed by atoms with Crippen LogP contribution in [0.4, 0.5) is 0 Å². The normalized spacial score (nSPS) is 15.0. The van der Waals surface area contributed by atoms with E-state index in [0.717, 1.165) is 27.4 Å². The number of hydrogen-bond donors (Lipinski definition) is 1. The summed E-state index contributed by atoms with van der Waals surface area (Å²) in [4.78, 5) is 4.54. The van der Waals surface area contributed by atoms with E-state index in [9.17, 15) is 4.21 Å². The van der Waals surface area contributed by atoms with Gasteiger partial charge in [-0.05, 0) is 24.8 Å². The van der Waals surface area contributed by atoms with Gasteiger partial charge in [0, 0.05) is 5.25 Å². The zero-order chi connectivity index (χ0) is 12.5. The maximum absolute atomic E-state index is 12.8. The van der Waals surface area contributed by atoms with E-state index in [0.29, 0.717) is 0 Å². The van der Waals surface area contributed by atoms with E-state index in [-0.39, 0.29) is 5.25 Å². The molecule has 1 unspecified atom stereocenters. The molecule has 0 amide bonds. The van der Waals surface area contributed by atoms with Crippen LogP contribution in [-0.4, -0.2) is 20.7 Å². The van der Waals surface area contributed by atoms with Crippen molar-refractivity contribution in [2.24, 2.45) is 0 Å². The van der Waals surface area contributed by atoms with E-state index in [1.54, 1.807) is 11.3 Å². The molecule has 94 valence electrons. The number of hydrogen-bond acceptors (Lipinski definition) is 3. The topological polar surface area (TPSA) is 30.0 Å². The fourth-order valence-electron chi connectivity index (χ4n) is 1.90. The molecular formula is C13H19NOS2. The lowest BCUT2D eigenvalue weighted by Gasteiger charge is -2.23. The molecule has 0 spiro atoms. The van der Waals surface area contributed by atoms with Gasteiger partial charge < -0.3 is 0 Å². The summed E-state index contributed by atoms with van der Waals surface area (Å²) in [5, 5.41) is 0.230. The van der Waals surface area contributed by atoms with Gasteiger partial charge in [0.05, 0.1) is 10.2 Å². The average molecular weight is 269 g/mol. The highest BCUT2D eigenvalue weighted by molar-refractivity contribution is 8.04. The molecule has 0 saturated carbocycles. The zero-order valence-electron chi connectivity index (χ0n) is 10.5. The van der Waals surface area contributed by atoms with Crippen molar-refractivity contribution in [2.75, 3.05) is 6.26 Å². The van der Waals surface area contributed by atoms with Crippen molar-refractivity contribution in [3.63, 3.8) is 0 Å². The second-order valence-electron chi connectivity index (χ2n) is 4.59. The van der Waals surface area contributed by atoms with Crippen molar-refractivity contribution in [3.05, 3.63) is 24.3 Å². The SMILES string of the molecule is CCCC(C)[SH](C)(=O)c1nc2ccccc2s1. The van der Waals surface area contributed by atoms with Gasteiger partial charge in [-0.1, -0.05) is 42.3 Å². The molecule has 0 saturated heterocycles. The van der Waals surface area contributed by atoms with E-state index < -0.39 is 9.93 Å². The van der Waals surface area contributed by atoms with Crippen LogP contribution in [0.5, 0.6) is 0 Å². The molecule has 1 atom stereocenters. The molecule has 0 aliphatic rings. The van der Waals surface area contributed by atoms with Gasteiger partial charge >= 0.3 is 0 Å². The monoisotopic (exact) mass is 269 g/mol. The Morgan fingerprint density at radius 2 is 2.12 bits per heavy atom. The maximum atomic E-state index is 12.8. The molecule has 0 bridgehead atoms. The Morgan fingerprint density at radius 1 is 1.41 bits per heavy atom. The quantitative estimate of drug-likeness (QED) is 0.861. The largest absolute Gasteiger partial charge is 0.278 e. The van der Waals surface area contributed by atoms with Crippen LogP contribution in [0, 0.1) is 0 Å². The molecule has 0 radical (unpaired) electrons. The van der Waals surface area contributed by atoms with E-state index in [2.05, 4.69) is 18.8 Å². The minimum Gasteiger partial charge on any atom is -0.278 e. The first kappa shape index (κ1) is 12.7. The average Bonchev–Trinajstić information content (AvgIpc) is 2.73. The smallest absolute Gasteiger partial charge is 0.158 e. The summed E-state index contributed by atoms with van der Waals surface area (Å²) >= 11 is 1.58. The highest BCUT2D eigenvalue weighted by atomic mass is 32.3. The van der Waals surface area contributed by atoms with Crippen LogP contribution in [0.25, 0.3) is 10.2 Å². The Kier molecular flexibility index (Phi) is 3.64. The van der Waals surface area contributed by atoms with Crippen LogP contribution in [0.15, 0.2) is 28.6 Å². The number of nitrogens with zero attached hydrogens (tertiary/aromatic N) is 1. The van der Waals surface area contributed by atoms with Crippen LogP contribution >= 0.6 is 11.3 Å². The fourth-order valence-corrected chi connectivity index (χ4v) is 5.60. The summed E-state index contributed by atoms with van der Waals surface area (Å²) < 4.78 is 14.8.